The third kappa shape index (κ3) is 5.00. The average molecular weight is 305 g/mol. The summed E-state index contributed by atoms with van der Waals surface area (Å²) in [6, 6.07) is 8.14. The molecule has 0 saturated carbocycles. The Kier molecular flexibility index (Phi) is 6.21. The smallest absolute Gasteiger partial charge is 0.255 e. The molecule has 1 aliphatic rings. The summed E-state index contributed by atoms with van der Waals surface area (Å²) in [5.41, 5.74) is 0.618. The Morgan fingerprint density at radius 1 is 1.41 bits per heavy atom. The molecule has 0 bridgehead atoms. The fraction of sp³-hybridized carbons (Fsp3) is 0.588. The van der Waals surface area contributed by atoms with E-state index in [1.807, 2.05) is 38.4 Å². The van der Waals surface area contributed by atoms with Crippen LogP contribution in [0.4, 0.5) is 0 Å². The number of ether oxygens (including phenoxy) is 1. The molecule has 2 atom stereocenters. The highest BCUT2D eigenvalue weighted by Crippen LogP contribution is 2.19. The van der Waals surface area contributed by atoms with Crippen molar-refractivity contribution in [2.45, 2.75) is 31.8 Å². The van der Waals surface area contributed by atoms with Gasteiger partial charge < -0.3 is 20.3 Å². The van der Waals surface area contributed by atoms with E-state index in [2.05, 4.69) is 22.5 Å². The zero-order valence-electron chi connectivity index (χ0n) is 13.8. The first-order chi connectivity index (χ1) is 10.6. The van der Waals surface area contributed by atoms with E-state index in [0.717, 1.165) is 25.9 Å². The minimum atomic E-state index is -0.0421. The van der Waals surface area contributed by atoms with Crippen molar-refractivity contribution in [3.63, 3.8) is 0 Å². The van der Waals surface area contributed by atoms with Crippen molar-refractivity contribution >= 4 is 5.91 Å². The van der Waals surface area contributed by atoms with E-state index in [1.54, 1.807) is 0 Å². The fourth-order valence-corrected chi connectivity index (χ4v) is 2.64. The lowest BCUT2D eigenvalue weighted by Crippen LogP contribution is -2.46. The van der Waals surface area contributed by atoms with Gasteiger partial charge in [-0.1, -0.05) is 12.1 Å². The van der Waals surface area contributed by atoms with Crippen LogP contribution < -0.4 is 15.4 Å². The van der Waals surface area contributed by atoms with E-state index in [0.29, 0.717) is 24.0 Å². The van der Waals surface area contributed by atoms with Crippen LogP contribution in [0.3, 0.4) is 0 Å². The van der Waals surface area contributed by atoms with Gasteiger partial charge >= 0.3 is 0 Å². The summed E-state index contributed by atoms with van der Waals surface area (Å²) in [6.07, 6.45) is 1.94. The standard InChI is InChI=1S/C17H27N3O2/c1-13-12-14(8-9-18-13)19-17(21)15-6-4-5-7-16(15)22-11-10-20(2)3/h4-7,13-14,18H,8-12H2,1-3H3,(H,19,21). The van der Waals surface area contributed by atoms with Gasteiger partial charge in [0.25, 0.3) is 5.91 Å². The van der Waals surface area contributed by atoms with Crippen molar-refractivity contribution in [2.24, 2.45) is 0 Å². The second-order valence-corrected chi connectivity index (χ2v) is 6.20. The SMILES string of the molecule is CC1CC(NC(=O)c2ccccc2OCCN(C)C)CCN1. The first kappa shape index (κ1) is 16.8. The molecule has 0 aliphatic carbocycles. The van der Waals surface area contributed by atoms with Crippen LogP contribution in [0.2, 0.25) is 0 Å². The van der Waals surface area contributed by atoms with E-state index < -0.39 is 0 Å². The first-order valence-corrected chi connectivity index (χ1v) is 7.97. The zero-order valence-corrected chi connectivity index (χ0v) is 13.8. The number of benzene rings is 1. The van der Waals surface area contributed by atoms with E-state index in [9.17, 15) is 4.79 Å². The summed E-state index contributed by atoms with van der Waals surface area (Å²) in [5.74, 6) is 0.614. The monoisotopic (exact) mass is 305 g/mol. The van der Waals surface area contributed by atoms with Gasteiger partial charge in [0.1, 0.15) is 12.4 Å². The van der Waals surface area contributed by atoms with Crippen molar-refractivity contribution in [2.75, 3.05) is 33.8 Å². The molecular weight excluding hydrogens is 278 g/mol. The van der Waals surface area contributed by atoms with Crippen LogP contribution in [0, 0.1) is 0 Å². The third-order valence-corrected chi connectivity index (χ3v) is 3.89. The maximum absolute atomic E-state index is 12.5. The summed E-state index contributed by atoms with van der Waals surface area (Å²) in [7, 11) is 4.00. The highest BCUT2D eigenvalue weighted by atomic mass is 16.5. The molecule has 1 aromatic carbocycles. The minimum absolute atomic E-state index is 0.0421. The molecule has 2 rings (SSSR count). The molecule has 0 spiro atoms. The number of piperidine rings is 1. The van der Waals surface area contributed by atoms with Gasteiger partial charge in [0, 0.05) is 18.6 Å². The number of hydrogen-bond acceptors (Lipinski definition) is 4. The molecule has 1 saturated heterocycles. The highest BCUT2D eigenvalue weighted by Gasteiger charge is 2.21. The van der Waals surface area contributed by atoms with Crippen molar-refractivity contribution in [3.05, 3.63) is 29.8 Å². The molecule has 122 valence electrons. The minimum Gasteiger partial charge on any atom is -0.491 e. The van der Waals surface area contributed by atoms with Gasteiger partial charge in [0.15, 0.2) is 0 Å². The summed E-state index contributed by atoms with van der Waals surface area (Å²) < 4.78 is 5.76. The van der Waals surface area contributed by atoms with Crippen LogP contribution in [0.15, 0.2) is 24.3 Å². The molecule has 1 aromatic rings. The number of carbonyl (C=O) groups is 1. The Morgan fingerprint density at radius 2 is 2.18 bits per heavy atom. The molecule has 5 nitrogen and oxygen atoms in total. The molecular formula is C17H27N3O2. The number of rotatable bonds is 6. The molecule has 1 amide bonds. The average Bonchev–Trinajstić information content (AvgIpc) is 2.47. The number of hydrogen-bond donors (Lipinski definition) is 2. The lowest BCUT2D eigenvalue weighted by atomic mass is 10.00. The number of likely N-dealkylation sites (N-methyl/N-ethyl adjacent to an activating group) is 1. The molecule has 2 N–H and O–H groups in total. The van der Waals surface area contributed by atoms with Crippen molar-refractivity contribution < 1.29 is 9.53 Å². The van der Waals surface area contributed by atoms with Crippen LogP contribution >= 0.6 is 0 Å². The van der Waals surface area contributed by atoms with Gasteiger partial charge in [-0.15, -0.1) is 0 Å². The lowest BCUT2D eigenvalue weighted by Gasteiger charge is -2.28. The molecule has 5 heteroatoms. The Bertz CT molecular complexity index is 491. The van der Waals surface area contributed by atoms with Crippen molar-refractivity contribution in [3.8, 4) is 5.75 Å². The summed E-state index contributed by atoms with van der Waals surface area (Å²) in [4.78, 5) is 14.6. The number of para-hydroxylation sites is 1. The molecule has 22 heavy (non-hydrogen) atoms. The predicted octanol–water partition coefficient (Wildman–Crippen LogP) is 1.50. The number of amides is 1. The van der Waals surface area contributed by atoms with Gasteiger partial charge in [-0.2, -0.15) is 0 Å². The normalized spacial score (nSPS) is 21.6. The first-order valence-electron chi connectivity index (χ1n) is 7.97. The third-order valence-electron chi connectivity index (χ3n) is 3.89. The quantitative estimate of drug-likeness (QED) is 0.836. The summed E-state index contributed by atoms with van der Waals surface area (Å²) in [6.45, 7) is 4.49. The second-order valence-electron chi connectivity index (χ2n) is 6.20. The van der Waals surface area contributed by atoms with Gasteiger partial charge in [0.05, 0.1) is 5.56 Å². The summed E-state index contributed by atoms with van der Waals surface area (Å²) in [5, 5.41) is 6.53. The maximum Gasteiger partial charge on any atom is 0.255 e. The number of nitrogens with zero attached hydrogens (tertiary/aromatic N) is 1. The Labute approximate surface area is 133 Å². The van der Waals surface area contributed by atoms with Crippen LogP contribution in [-0.4, -0.2) is 56.7 Å². The Morgan fingerprint density at radius 3 is 2.91 bits per heavy atom. The highest BCUT2D eigenvalue weighted by molar-refractivity contribution is 5.97. The number of nitrogens with one attached hydrogen (secondary N) is 2. The van der Waals surface area contributed by atoms with Gasteiger partial charge in [0.2, 0.25) is 0 Å². The fourth-order valence-electron chi connectivity index (χ4n) is 2.64. The molecule has 1 aliphatic heterocycles. The second kappa shape index (κ2) is 8.15. The number of carbonyl (C=O) groups excluding carboxylic acids is 1. The molecule has 1 fully saturated rings. The molecule has 0 aromatic heterocycles. The Balaban J connectivity index is 1.96. The molecule has 2 unspecified atom stereocenters. The lowest BCUT2D eigenvalue weighted by molar-refractivity contribution is 0.0921. The topological polar surface area (TPSA) is 53.6 Å². The van der Waals surface area contributed by atoms with Crippen LogP contribution in [0.5, 0.6) is 5.75 Å². The van der Waals surface area contributed by atoms with Crippen molar-refractivity contribution in [1.29, 1.82) is 0 Å². The van der Waals surface area contributed by atoms with Crippen LogP contribution in [0.1, 0.15) is 30.1 Å². The maximum atomic E-state index is 12.5. The van der Waals surface area contributed by atoms with E-state index in [4.69, 9.17) is 4.74 Å². The Hall–Kier alpha value is -1.59. The largest absolute Gasteiger partial charge is 0.491 e. The molecule has 1 heterocycles. The van der Waals surface area contributed by atoms with E-state index >= 15 is 0 Å². The van der Waals surface area contributed by atoms with Gasteiger partial charge in [-0.25, -0.2) is 0 Å². The van der Waals surface area contributed by atoms with Crippen LogP contribution in [-0.2, 0) is 0 Å². The molecule has 0 radical (unpaired) electrons. The van der Waals surface area contributed by atoms with Gasteiger partial charge in [-0.05, 0) is 52.5 Å². The predicted molar refractivity (Wildman–Crippen MR) is 88.4 cm³/mol. The van der Waals surface area contributed by atoms with E-state index in [1.165, 1.54) is 0 Å². The zero-order chi connectivity index (χ0) is 15.9. The van der Waals surface area contributed by atoms with Crippen molar-refractivity contribution in [1.82, 2.24) is 15.5 Å². The van der Waals surface area contributed by atoms with E-state index in [-0.39, 0.29) is 11.9 Å². The summed E-state index contributed by atoms with van der Waals surface area (Å²) >= 11 is 0. The van der Waals surface area contributed by atoms with Gasteiger partial charge in [-0.3, -0.25) is 4.79 Å². The van der Waals surface area contributed by atoms with Crippen LogP contribution in [0.25, 0.3) is 0 Å².